The molecule has 0 atom stereocenters. The zero-order valence-corrected chi connectivity index (χ0v) is 27.6. The van der Waals surface area contributed by atoms with Gasteiger partial charge in [-0.3, -0.25) is 14.6 Å². The molecule has 0 unspecified atom stereocenters. The van der Waals surface area contributed by atoms with Crippen molar-refractivity contribution < 1.29 is 28.5 Å². The molecule has 0 aliphatic heterocycles. The molecule has 0 aliphatic carbocycles. The monoisotopic (exact) mass is 631 g/mol. The Bertz CT molecular complexity index is 1410. The van der Waals surface area contributed by atoms with Crippen molar-refractivity contribution in [2.75, 3.05) is 27.4 Å². The number of amides is 2. The topological polar surface area (TPSA) is 133 Å². The standard InChI is InChI=1S/C35H45N5O6/c1-7-9-11-17-45-30-15-13-26(19-32(30)43-5)22-36-39-34(41)28-21-29(25(4)38-24(28)3)35(42)40-37-23-27-14-16-31(33(20-27)44-6)46-18-12-10-8-2/h13-16,19-23H,7-12,17-18H2,1-6H3,(H,39,41)(H,40,42). The number of benzene rings is 2. The van der Waals surface area contributed by atoms with Gasteiger partial charge in [0.05, 0.1) is 62.4 Å². The van der Waals surface area contributed by atoms with E-state index >= 15 is 0 Å². The third-order valence-corrected chi connectivity index (χ3v) is 7.04. The maximum absolute atomic E-state index is 13.0. The number of methoxy groups -OCH3 is 2. The second kappa shape index (κ2) is 18.8. The van der Waals surface area contributed by atoms with Crippen LogP contribution in [0.5, 0.6) is 23.0 Å². The van der Waals surface area contributed by atoms with E-state index in [1.807, 2.05) is 24.3 Å². The van der Waals surface area contributed by atoms with E-state index in [0.717, 1.165) is 38.5 Å². The first kappa shape index (κ1) is 35.5. The first-order valence-electron chi connectivity index (χ1n) is 15.6. The average Bonchev–Trinajstić information content (AvgIpc) is 3.05. The number of ether oxygens (including phenoxy) is 4. The molecule has 0 radical (unpaired) electrons. The molecule has 46 heavy (non-hydrogen) atoms. The fraction of sp³-hybridized carbons (Fsp3) is 0.400. The van der Waals surface area contributed by atoms with Gasteiger partial charge in [-0.2, -0.15) is 10.2 Å². The highest BCUT2D eigenvalue weighted by Crippen LogP contribution is 2.29. The first-order valence-corrected chi connectivity index (χ1v) is 15.6. The van der Waals surface area contributed by atoms with Crippen LogP contribution in [0.4, 0.5) is 0 Å². The van der Waals surface area contributed by atoms with E-state index < -0.39 is 11.8 Å². The molecule has 3 aromatic rings. The normalized spacial score (nSPS) is 11.1. The molecule has 1 aromatic heterocycles. The Balaban J connectivity index is 1.63. The van der Waals surface area contributed by atoms with Crippen LogP contribution >= 0.6 is 0 Å². The summed E-state index contributed by atoms with van der Waals surface area (Å²) >= 11 is 0. The van der Waals surface area contributed by atoms with Crippen molar-refractivity contribution in [2.24, 2.45) is 10.2 Å². The predicted molar refractivity (Wildman–Crippen MR) is 180 cm³/mol. The first-order chi connectivity index (χ1) is 22.3. The molecule has 246 valence electrons. The van der Waals surface area contributed by atoms with Gasteiger partial charge in [-0.05, 0) is 80.3 Å². The lowest BCUT2D eigenvalue weighted by Gasteiger charge is -2.11. The van der Waals surface area contributed by atoms with Crippen molar-refractivity contribution in [1.29, 1.82) is 0 Å². The summed E-state index contributed by atoms with van der Waals surface area (Å²) in [4.78, 5) is 30.4. The van der Waals surface area contributed by atoms with Gasteiger partial charge in [0, 0.05) is 0 Å². The summed E-state index contributed by atoms with van der Waals surface area (Å²) in [6, 6.07) is 12.3. The molecule has 0 spiro atoms. The quantitative estimate of drug-likeness (QED) is 0.0946. The average molecular weight is 632 g/mol. The van der Waals surface area contributed by atoms with Gasteiger partial charge in [0.1, 0.15) is 0 Å². The Morgan fingerprint density at radius 1 is 0.674 bits per heavy atom. The van der Waals surface area contributed by atoms with E-state index in [9.17, 15) is 9.59 Å². The van der Waals surface area contributed by atoms with E-state index in [0.29, 0.717) is 58.7 Å². The van der Waals surface area contributed by atoms with Gasteiger partial charge in [0.25, 0.3) is 11.8 Å². The molecular formula is C35H45N5O6. The lowest BCUT2D eigenvalue weighted by molar-refractivity contribution is 0.0954. The molecule has 0 bridgehead atoms. The van der Waals surface area contributed by atoms with Crippen LogP contribution in [0.1, 0.15) is 95.6 Å². The van der Waals surface area contributed by atoms with Gasteiger partial charge < -0.3 is 18.9 Å². The Morgan fingerprint density at radius 2 is 1.11 bits per heavy atom. The van der Waals surface area contributed by atoms with Gasteiger partial charge in [-0.25, -0.2) is 10.9 Å². The van der Waals surface area contributed by atoms with Gasteiger partial charge in [-0.15, -0.1) is 0 Å². The highest BCUT2D eigenvalue weighted by Gasteiger charge is 2.17. The third-order valence-electron chi connectivity index (χ3n) is 7.04. The number of carbonyl (C=O) groups is 2. The van der Waals surface area contributed by atoms with Crippen LogP contribution in [0.25, 0.3) is 0 Å². The van der Waals surface area contributed by atoms with E-state index in [4.69, 9.17) is 18.9 Å². The number of aromatic nitrogens is 1. The number of rotatable bonds is 18. The van der Waals surface area contributed by atoms with Crippen molar-refractivity contribution in [2.45, 2.75) is 66.2 Å². The van der Waals surface area contributed by atoms with E-state index in [1.54, 1.807) is 40.2 Å². The zero-order valence-electron chi connectivity index (χ0n) is 27.6. The van der Waals surface area contributed by atoms with Gasteiger partial charge in [-0.1, -0.05) is 39.5 Å². The number of hydrogen-bond donors (Lipinski definition) is 2. The summed E-state index contributed by atoms with van der Waals surface area (Å²) in [5.41, 5.74) is 7.78. The maximum Gasteiger partial charge on any atom is 0.273 e. The fourth-order valence-electron chi connectivity index (χ4n) is 4.47. The summed E-state index contributed by atoms with van der Waals surface area (Å²) < 4.78 is 22.5. The van der Waals surface area contributed by atoms with Gasteiger partial charge in [0.15, 0.2) is 23.0 Å². The van der Waals surface area contributed by atoms with Crippen LogP contribution in [0.2, 0.25) is 0 Å². The zero-order chi connectivity index (χ0) is 33.3. The minimum atomic E-state index is -0.509. The molecule has 2 N–H and O–H groups in total. The van der Waals surface area contributed by atoms with Crippen molar-refractivity contribution >= 4 is 24.2 Å². The number of pyridine rings is 1. The second-order valence-electron chi connectivity index (χ2n) is 10.6. The third kappa shape index (κ3) is 10.6. The van der Waals surface area contributed by atoms with Crippen LogP contribution in [-0.4, -0.2) is 56.7 Å². The number of nitrogens with one attached hydrogen (secondary N) is 2. The summed E-state index contributed by atoms with van der Waals surface area (Å²) in [6.45, 7) is 8.90. The van der Waals surface area contributed by atoms with Gasteiger partial charge in [0.2, 0.25) is 0 Å². The molecule has 0 fully saturated rings. The molecule has 3 rings (SSSR count). The Labute approximate surface area is 271 Å². The molecule has 0 aliphatic rings. The number of hydrogen-bond acceptors (Lipinski definition) is 9. The summed E-state index contributed by atoms with van der Waals surface area (Å²) in [7, 11) is 3.14. The molecule has 2 amide bonds. The molecule has 11 heteroatoms. The van der Waals surface area contributed by atoms with E-state index in [2.05, 4.69) is 39.9 Å². The van der Waals surface area contributed by atoms with Gasteiger partial charge >= 0.3 is 0 Å². The highest BCUT2D eigenvalue weighted by molar-refractivity contribution is 6.01. The van der Waals surface area contributed by atoms with E-state index in [1.165, 1.54) is 18.5 Å². The van der Waals surface area contributed by atoms with Crippen LogP contribution in [0.15, 0.2) is 52.7 Å². The number of carbonyl (C=O) groups excluding carboxylic acids is 2. The minimum absolute atomic E-state index is 0.213. The number of hydrazone groups is 2. The number of unbranched alkanes of at least 4 members (excludes halogenated alkanes) is 4. The molecule has 0 saturated heterocycles. The van der Waals surface area contributed by atoms with Crippen LogP contribution in [0, 0.1) is 13.8 Å². The van der Waals surface area contributed by atoms with Crippen molar-refractivity contribution in [3.8, 4) is 23.0 Å². The molecule has 0 saturated carbocycles. The summed E-state index contributed by atoms with van der Waals surface area (Å²) in [6.07, 6.45) is 9.38. The maximum atomic E-state index is 13.0. The second-order valence-corrected chi connectivity index (χ2v) is 10.6. The predicted octanol–water partition coefficient (Wildman–Crippen LogP) is 6.38. The molecule has 2 aromatic carbocycles. The van der Waals surface area contributed by atoms with Crippen molar-refractivity contribution in [3.63, 3.8) is 0 Å². The smallest absolute Gasteiger partial charge is 0.273 e. The van der Waals surface area contributed by atoms with Crippen LogP contribution in [-0.2, 0) is 0 Å². The minimum Gasteiger partial charge on any atom is -0.493 e. The van der Waals surface area contributed by atoms with Crippen LogP contribution < -0.4 is 29.8 Å². The molecule has 1 heterocycles. The Kier molecular flexibility index (Phi) is 14.5. The Hall–Kier alpha value is -4.93. The van der Waals surface area contributed by atoms with E-state index in [-0.39, 0.29) is 11.1 Å². The van der Waals surface area contributed by atoms with Crippen molar-refractivity contribution in [1.82, 2.24) is 15.8 Å². The summed E-state index contributed by atoms with van der Waals surface area (Å²) in [5, 5.41) is 8.17. The Morgan fingerprint density at radius 3 is 1.50 bits per heavy atom. The highest BCUT2D eigenvalue weighted by atomic mass is 16.5. The number of aryl methyl sites for hydroxylation is 2. The van der Waals surface area contributed by atoms with Crippen LogP contribution in [0.3, 0.4) is 0 Å². The van der Waals surface area contributed by atoms with Crippen molar-refractivity contribution in [3.05, 3.63) is 76.1 Å². The summed E-state index contributed by atoms with van der Waals surface area (Å²) in [5.74, 6) is 1.43. The largest absolute Gasteiger partial charge is 0.493 e. The number of nitrogens with zero attached hydrogens (tertiary/aromatic N) is 3. The lowest BCUT2D eigenvalue weighted by Crippen LogP contribution is -2.23. The SMILES string of the molecule is CCCCCOc1ccc(C=NNC(=O)c2cc(C(=O)NN=Cc3ccc(OCCCCC)c(OC)c3)c(C)nc2C)cc1OC. The fourth-order valence-corrected chi connectivity index (χ4v) is 4.47. The lowest BCUT2D eigenvalue weighted by atomic mass is 10.1. The molecule has 11 nitrogen and oxygen atoms in total. The molecular weight excluding hydrogens is 586 g/mol.